The molecule has 0 aliphatic carbocycles. The first kappa shape index (κ1) is 23.9. The lowest BCUT2D eigenvalue weighted by atomic mass is 10.0. The molecule has 0 saturated carbocycles. The van der Waals surface area contributed by atoms with Crippen molar-refractivity contribution in [1.29, 1.82) is 0 Å². The number of ether oxygens (including phenoxy) is 2. The molecule has 1 aliphatic rings. The number of hydrogen-bond donors (Lipinski definition) is 2. The molecule has 1 aliphatic heterocycles. The molecule has 0 radical (unpaired) electrons. The van der Waals surface area contributed by atoms with Crippen LogP contribution in [0.15, 0.2) is 60.8 Å². The third-order valence-corrected chi connectivity index (χ3v) is 6.15. The molecule has 34 heavy (non-hydrogen) atoms. The minimum absolute atomic E-state index is 0.271. The molecular weight excluding hydrogens is 432 g/mol. The van der Waals surface area contributed by atoms with Crippen molar-refractivity contribution in [2.75, 3.05) is 52.9 Å². The number of aliphatic hydroxyl groups is 1. The highest BCUT2D eigenvalue weighted by molar-refractivity contribution is 5.83. The number of nitrogens with one attached hydrogen (secondary N) is 1. The van der Waals surface area contributed by atoms with E-state index in [4.69, 9.17) is 9.47 Å². The molecular formula is C26H32N4O4. The van der Waals surface area contributed by atoms with Crippen LogP contribution in [0.25, 0.3) is 10.9 Å². The number of hydrogen-bond acceptors (Lipinski definition) is 7. The molecule has 180 valence electrons. The number of carbonyl (C=O) groups excluding carboxylic acids is 1. The second-order valence-corrected chi connectivity index (χ2v) is 8.43. The van der Waals surface area contributed by atoms with E-state index < -0.39 is 12.2 Å². The number of alkyl carbamates (subject to hydrolysis) is 1. The number of rotatable bonds is 9. The molecule has 0 bridgehead atoms. The maximum Gasteiger partial charge on any atom is 0.407 e. The summed E-state index contributed by atoms with van der Waals surface area (Å²) in [6.07, 6.45) is 0.736. The lowest BCUT2D eigenvalue weighted by Crippen LogP contribution is -2.49. The first-order valence-electron chi connectivity index (χ1n) is 11.6. The Morgan fingerprint density at radius 2 is 1.85 bits per heavy atom. The molecule has 2 heterocycles. The summed E-state index contributed by atoms with van der Waals surface area (Å²) in [5, 5.41) is 14.7. The number of fused-ring (bicyclic) bond motifs is 1. The van der Waals surface area contributed by atoms with Crippen molar-refractivity contribution in [2.45, 2.75) is 12.7 Å². The highest BCUT2D eigenvalue weighted by atomic mass is 16.5. The van der Waals surface area contributed by atoms with Crippen molar-refractivity contribution in [2.24, 2.45) is 0 Å². The molecule has 2 N–H and O–H groups in total. The van der Waals surface area contributed by atoms with Crippen LogP contribution < -0.4 is 10.1 Å². The Balaban J connectivity index is 1.19. The van der Waals surface area contributed by atoms with Crippen LogP contribution in [0.3, 0.4) is 0 Å². The number of aromatic nitrogens is 1. The largest absolute Gasteiger partial charge is 0.497 e. The summed E-state index contributed by atoms with van der Waals surface area (Å²) in [5.74, 6) is 0.750. The minimum Gasteiger partial charge on any atom is -0.497 e. The quantitative estimate of drug-likeness (QED) is 0.504. The molecule has 1 fully saturated rings. The molecule has 0 spiro atoms. The Bertz CT molecular complexity index is 1070. The average molecular weight is 465 g/mol. The van der Waals surface area contributed by atoms with Crippen molar-refractivity contribution in [3.05, 3.63) is 71.9 Å². The van der Waals surface area contributed by atoms with E-state index in [-0.39, 0.29) is 6.61 Å². The van der Waals surface area contributed by atoms with Crippen molar-refractivity contribution < 1.29 is 19.4 Å². The van der Waals surface area contributed by atoms with Crippen LogP contribution in [0.1, 0.15) is 17.2 Å². The van der Waals surface area contributed by atoms with E-state index in [0.29, 0.717) is 13.1 Å². The van der Waals surface area contributed by atoms with Gasteiger partial charge in [-0.15, -0.1) is 0 Å². The number of β-amino-alcohol motifs (C(OH)–C–C–N with tert-alkyl or cyclic N) is 1. The van der Waals surface area contributed by atoms with E-state index in [1.807, 2.05) is 54.6 Å². The smallest absolute Gasteiger partial charge is 0.407 e. The topological polar surface area (TPSA) is 87.2 Å². The Labute approximate surface area is 200 Å². The Hall–Kier alpha value is -3.20. The molecule has 1 atom stereocenters. The Kier molecular flexibility index (Phi) is 8.30. The predicted molar refractivity (Wildman–Crippen MR) is 131 cm³/mol. The number of nitrogens with zero attached hydrogens (tertiary/aromatic N) is 3. The van der Waals surface area contributed by atoms with Gasteiger partial charge in [0.25, 0.3) is 0 Å². The third-order valence-electron chi connectivity index (χ3n) is 6.15. The standard InChI is InChI=1S/C26H32N4O4/c1-33-21-7-8-24-23(17-21)22(9-10-27-24)25(31)18-30-15-13-29(14-16-30)12-11-28-26(32)34-19-20-5-3-2-4-6-20/h2-10,17,25,31H,11-16,18-19H2,1H3,(H,28,32). The fraction of sp³-hybridized carbons (Fsp3) is 0.385. The molecule has 4 rings (SSSR count). The zero-order chi connectivity index (χ0) is 23.8. The van der Waals surface area contributed by atoms with Gasteiger partial charge in [-0.05, 0) is 35.4 Å². The van der Waals surface area contributed by atoms with E-state index in [9.17, 15) is 9.90 Å². The SMILES string of the molecule is COc1ccc2nccc(C(O)CN3CCN(CCNC(=O)OCc4ccccc4)CC3)c2c1. The lowest BCUT2D eigenvalue weighted by molar-refractivity contribution is 0.0729. The fourth-order valence-corrected chi connectivity index (χ4v) is 4.19. The van der Waals surface area contributed by atoms with E-state index >= 15 is 0 Å². The molecule has 1 saturated heterocycles. The monoisotopic (exact) mass is 464 g/mol. The van der Waals surface area contributed by atoms with Crippen molar-refractivity contribution in [3.63, 3.8) is 0 Å². The van der Waals surface area contributed by atoms with E-state index in [0.717, 1.165) is 60.5 Å². The van der Waals surface area contributed by atoms with Crippen LogP contribution in [-0.4, -0.2) is 78.9 Å². The van der Waals surface area contributed by atoms with Gasteiger partial charge in [-0.1, -0.05) is 30.3 Å². The summed E-state index contributed by atoms with van der Waals surface area (Å²) in [6, 6.07) is 17.2. The number of amides is 1. The number of piperazine rings is 1. The van der Waals surface area contributed by atoms with Crippen LogP contribution in [0, 0.1) is 0 Å². The first-order chi connectivity index (χ1) is 16.6. The predicted octanol–water partition coefficient (Wildman–Crippen LogP) is 2.82. The minimum atomic E-state index is -0.606. The third kappa shape index (κ3) is 6.44. The molecule has 8 nitrogen and oxygen atoms in total. The maximum absolute atomic E-state index is 11.9. The van der Waals surface area contributed by atoms with Gasteiger partial charge in [0, 0.05) is 57.4 Å². The summed E-state index contributed by atoms with van der Waals surface area (Å²) < 4.78 is 10.6. The fourth-order valence-electron chi connectivity index (χ4n) is 4.19. The number of aliphatic hydroxyl groups excluding tert-OH is 1. The molecule has 8 heteroatoms. The highest BCUT2D eigenvalue weighted by Gasteiger charge is 2.21. The molecule has 2 aromatic carbocycles. The summed E-state index contributed by atoms with van der Waals surface area (Å²) in [6.45, 7) is 5.65. The van der Waals surface area contributed by atoms with Crippen molar-refractivity contribution in [1.82, 2.24) is 20.1 Å². The Morgan fingerprint density at radius 1 is 1.09 bits per heavy atom. The van der Waals surface area contributed by atoms with E-state index in [1.165, 1.54) is 0 Å². The van der Waals surface area contributed by atoms with Gasteiger partial charge in [-0.3, -0.25) is 14.8 Å². The van der Waals surface area contributed by atoms with Crippen molar-refractivity contribution in [3.8, 4) is 5.75 Å². The summed E-state index contributed by atoms with van der Waals surface area (Å²) in [5.41, 5.74) is 2.68. The van der Waals surface area contributed by atoms with Crippen molar-refractivity contribution >= 4 is 17.0 Å². The van der Waals surface area contributed by atoms with Crippen LogP contribution in [-0.2, 0) is 11.3 Å². The number of benzene rings is 2. The van der Waals surface area contributed by atoms with Crippen LogP contribution in [0.2, 0.25) is 0 Å². The van der Waals surface area contributed by atoms with Gasteiger partial charge in [0.2, 0.25) is 0 Å². The molecule has 1 amide bonds. The lowest BCUT2D eigenvalue weighted by Gasteiger charge is -2.35. The van der Waals surface area contributed by atoms with E-state index in [1.54, 1.807) is 13.3 Å². The van der Waals surface area contributed by atoms with Gasteiger partial charge in [-0.25, -0.2) is 4.79 Å². The first-order valence-corrected chi connectivity index (χ1v) is 11.6. The Morgan fingerprint density at radius 3 is 2.62 bits per heavy atom. The highest BCUT2D eigenvalue weighted by Crippen LogP contribution is 2.27. The second-order valence-electron chi connectivity index (χ2n) is 8.43. The van der Waals surface area contributed by atoms with Gasteiger partial charge in [-0.2, -0.15) is 0 Å². The second kappa shape index (κ2) is 11.8. The number of methoxy groups -OCH3 is 1. The maximum atomic E-state index is 11.9. The number of pyridine rings is 1. The van der Waals surface area contributed by atoms with Gasteiger partial charge in [0.1, 0.15) is 12.4 Å². The van der Waals surface area contributed by atoms with E-state index in [2.05, 4.69) is 20.1 Å². The normalized spacial score (nSPS) is 15.7. The summed E-state index contributed by atoms with van der Waals surface area (Å²) in [4.78, 5) is 20.9. The zero-order valence-electron chi connectivity index (χ0n) is 19.5. The van der Waals surface area contributed by atoms with Crippen LogP contribution in [0.4, 0.5) is 4.79 Å². The molecule has 1 unspecified atom stereocenters. The van der Waals surface area contributed by atoms with Gasteiger partial charge >= 0.3 is 6.09 Å². The van der Waals surface area contributed by atoms with Gasteiger partial charge < -0.3 is 19.9 Å². The van der Waals surface area contributed by atoms with Crippen LogP contribution >= 0.6 is 0 Å². The number of carbonyl (C=O) groups is 1. The molecule has 1 aromatic heterocycles. The summed E-state index contributed by atoms with van der Waals surface area (Å²) in [7, 11) is 1.64. The van der Waals surface area contributed by atoms with Crippen LogP contribution in [0.5, 0.6) is 5.75 Å². The zero-order valence-corrected chi connectivity index (χ0v) is 19.5. The average Bonchev–Trinajstić information content (AvgIpc) is 2.88. The van der Waals surface area contributed by atoms with Gasteiger partial charge in [0.05, 0.1) is 18.7 Å². The molecule has 3 aromatic rings. The van der Waals surface area contributed by atoms with Gasteiger partial charge in [0.15, 0.2) is 0 Å². The summed E-state index contributed by atoms with van der Waals surface area (Å²) >= 11 is 0.